The molecule has 1 rings (SSSR count). The molecule has 0 aliphatic heterocycles. The van der Waals surface area contributed by atoms with Crippen LogP contribution < -0.4 is 0 Å². The van der Waals surface area contributed by atoms with Crippen LogP contribution in [0.25, 0.3) is 0 Å². The lowest BCUT2D eigenvalue weighted by atomic mass is 9.75. The summed E-state index contributed by atoms with van der Waals surface area (Å²) in [5.74, 6) is 1.46. The molecule has 0 nitrogen and oxygen atoms in total. The lowest BCUT2D eigenvalue weighted by molar-refractivity contribution is 0.486. The van der Waals surface area contributed by atoms with E-state index in [1.54, 1.807) is 11.1 Å². The third-order valence-electron chi connectivity index (χ3n) is 3.86. The Balaban J connectivity index is 3.18. The predicted molar refractivity (Wildman–Crippen MR) is 55.1 cm³/mol. The van der Waals surface area contributed by atoms with Crippen molar-refractivity contribution in [3.63, 3.8) is 0 Å². The summed E-state index contributed by atoms with van der Waals surface area (Å²) in [7, 11) is 0. The zero-order valence-corrected chi connectivity index (χ0v) is 9.15. The molecule has 0 amide bonds. The summed E-state index contributed by atoms with van der Waals surface area (Å²) in [5, 5.41) is 0. The second-order valence-electron chi connectivity index (χ2n) is 4.19. The molecule has 0 aromatic carbocycles. The molecule has 0 saturated heterocycles. The van der Waals surface area contributed by atoms with E-state index in [2.05, 4.69) is 41.5 Å². The molecular formula is C12H20. The van der Waals surface area contributed by atoms with Crippen molar-refractivity contribution in [1.29, 1.82) is 0 Å². The van der Waals surface area contributed by atoms with Crippen molar-refractivity contribution in [2.24, 2.45) is 11.8 Å². The molecule has 0 aromatic rings. The molecule has 0 N–H and O–H groups in total. The zero-order chi connectivity index (χ0) is 9.46. The third-order valence-corrected chi connectivity index (χ3v) is 3.86. The lowest BCUT2D eigenvalue weighted by Gasteiger charge is -2.30. The number of hydrogen-bond donors (Lipinski definition) is 0. The Morgan fingerprint density at radius 2 is 0.917 bits per heavy atom. The summed E-state index contributed by atoms with van der Waals surface area (Å²) in [6, 6.07) is 0. The molecule has 0 spiro atoms. The minimum Gasteiger partial charge on any atom is -0.0667 e. The normalized spacial score (nSPS) is 31.5. The van der Waals surface area contributed by atoms with Gasteiger partial charge in [-0.05, 0) is 50.7 Å². The first kappa shape index (κ1) is 9.57. The Kier molecular flexibility index (Phi) is 2.46. The van der Waals surface area contributed by atoms with Crippen LogP contribution in [0.1, 0.15) is 41.5 Å². The fourth-order valence-electron chi connectivity index (χ4n) is 2.02. The van der Waals surface area contributed by atoms with Gasteiger partial charge >= 0.3 is 0 Å². The fraction of sp³-hybridized carbons (Fsp3) is 0.667. The van der Waals surface area contributed by atoms with Crippen LogP contribution in [0.15, 0.2) is 22.3 Å². The van der Waals surface area contributed by atoms with Crippen LogP contribution in [0.5, 0.6) is 0 Å². The van der Waals surface area contributed by atoms with E-state index >= 15 is 0 Å². The molecule has 1 aliphatic carbocycles. The van der Waals surface area contributed by atoms with Crippen LogP contribution in [0.2, 0.25) is 0 Å². The minimum atomic E-state index is 0.730. The van der Waals surface area contributed by atoms with Gasteiger partial charge in [0.15, 0.2) is 0 Å². The van der Waals surface area contributed by atoms with Gasteiger partial charge < -0.3 is 0 Å². The van der Waals surface area contributed by atoms with Gasteiger partial charge in [0.25, 0.3) is 0 Å². The highest BCUT2D eigenvalue weighted by Crippen LogP contribution is 2.37. The predicted octanol–water partition coefficient (Wildman–Crippen LogP) is 3.95. The smallest absolute Gasteiger partial charge is 0.0165 e. The summed E-state index contributed by atoms with van der Waals surface area (Å²) in [6.07, 6.45) is 0. The highest BCUT2D eigenvalue weighted by atomic mass is 14.3. The highest BCUT2D eigenvalue weighted by molar-refractivity contribution is 5.40. The molecule has 1 aliphatic rings. The zero-order valence-electron chi connectivity index (χ0n) is 9.15. The van der Waals surface area contributed by atoms with Crippen molar-refractivity contribution in [2.45, 2.75) is 41.5 Å². The van der Waals surface area contributed by atoms with Crippen LogP contribution in [0.4, 0.5) is 0 Å². The van der Waals surface area contributed by atoms with Crippen LogP contribution in [0, 0.1) is 11.8 Å². The van der Waals surface area contributed by atoms with Crippen LogP contribution in [0.3, 0.4) is 0 Å². The summed E-state index contributed by atoms with van der Waals surface area (Å²) in [6.45, 7) is 13.7. The van der Waals surface area contributed by atoms with Crippen LogP contribution >= 0.6 is 0 Å². The van der Waals surface area contributed by atoms with Crippen molar-refractivity contribution in [3.05, 3.63) is 22.3 Å². The van der Waals surface area contributed by atoms with Crippen molar-refractivity contribution in [2.75, 3.05) is 0 Å². The Labute approximate surface area is 76.4 Å². The average molecular weight is 164 g/mol. The maximum absolute atomic E-state index is 2.33. The molecule has 0 fully saturated rings. The second kappa shape index (κ2) is 3.08. The number of rotatable bonds is 0. The standard InChI is InChI=1S/C12H20/c1-7-8(2)10(4)12(6)11(5)9(7)3/h7-8H,1-6H3/t7-,8?/m1/s1. The van der Waals surface area contributed by atoms with E-state index < -0.39 is 0 Å². The van der Waals surface area contributed by atoms with Crippen molar-refractivity contribution in [3.8, 4) is 0 Å². The Hall–Kier alpha value is -0.520. The van der Waals surface area contributed by atoms with Gasteiger partial charge in [0, 0.05) is 0 Å². The lowest BCUT2D eigenvalue weighted by Crippen LogP contribution is -2.17. The Bertz CT molecular complexity index is 225. The van der Waals surface area contributed by atoms with Gasteiger partial charge in [-0.1, -0.05) is 25.0 Å². The molecule has 68 valence electrons. The van der Waals surface area contributed by atoms with E-state index in [4.69, 9.17) is 0 Å². The molecule has 0 heterocycles. The molecule has 0 aromatic heterocycles. The monoisotopic (exact) mass is 164 g/mol. The molecule has 0 heteroatoms. The van der Waals surface area contributed by atoms with E-state index in [-0.39, 0.29) is 0 Å². The summed E-state index contributed by atoms with van der Waals surface area (Å²) in [4.78, 5) is 0. The van der Waals surface area contributed by atoms with Gasteiger partial charge in [0.1, 0.15) is 0 Å². The summed E-state index contributed by atoms with van der Waals surface area (Å²) < 4.78 is 0. The summed E-state index contributed by atoms with van der Waals surface area (Å²) >= 11 is 0. The molecule has 0 saturated carbocycles. The molecule has 12 heavy (non-hydrogen) atoms. The van der Waals surface area contributed by atoms with Crippen molar-refractivity contribution >= 4 is 0 Å². The van der Waals surface area contributed by atoms with Crippen LogP contribution in [-0.2, 0) is 0 Å². The topological polar surface area (TPSA) is 0 Å². The van der Waals surface area contributed by atoms with Gasteiger partial charge in [0.2, 0.25) is 0 Å². The first-order valence-electron chi connectivity index (χ1n) is 4.82. The average Bonchev–Trinajstić information content (AvgIpc) is 2.08. The fourth-order valence-corrected chi connectivity index (χ4v) is 2.02. The highest BCUT2D eigenvalue weighted by Gasteiger charge is 2.23. The first-order valence-corrected chi connectivity index (χ1v) is 4.82. The van der Waals surface area contributed by atoms with Crippen molar-refractivity contribution in [1.82, 2.24) is 0 Å². The Morgan fingerprint density at radius 1 is 0.667 bits per heavy atom. The van der Waals surface area contributed by atoms with Crippen LogP contribution in [-0.4, -0.2) is 0 Å². The van der Waals surface area contributed by atoms with E-state index in [0.717, 1.165) is 11.8 Å². The number of hydrogen-bond acceptors (Lipinski definition) is 0. The quantitative estimate of drug-likeness (QED) is 0.508. The van der Waals surface area contributed by atoms with E-state index in [1.807, 2.05) is 0 Å². The van der Waals surface area contributed by atoms with Crippen molar-refractivity contribution < 1.29 is 0 Å². The first-order chi connectivity index (χ1) is 5.46. The second-order valence-corrected chi connectivity index (χ2v) is 4.19. The van der Waals surface area contributed by atoms with Gasteiger partial charge in [-0.15, -0.1) is 0 Å². The van der Waals surface area contributed by atoms with E-state index in [9.17, 15) is 0 Å². The Morgan fingerprint density at radius 3 is 1.17 bits per heavy atom. The van der Waals surface area contributed by atoms with Gasteiger partial charge in [-0.2, -0.15) is 0 Å². The maximum atomic E-state index is 2.33. The SMILES string of the molecule is CC1=C(C)C(C)[C@@H](C)C(C)=C1C. The maximum Gasteiger partial charge on any atom is -0.0165 e. The van der Waals surface area contributed by atoms with Gasteiger partial charge in [0.05, 0.1) is 0 Å². The largest absolute Gasteiger partial charge is 0.0667 e. The molecule has 0 radical (unpaired) electrons. The molecule has 2 atom stereocenters. The molecular weight excluding hydrogens is 144 g/mol. The van der Waals surface area contributed by atoms with E-state index in [0.29, 0.717) is 0 Å². The molecule has 1 unspecified atom stereocenters. The number of allylic oxidation sites excluding steroid dienone is 4. The minimum absolute atomic E-state index is 0.730. The van der Waals surface area contributed by atoms with Gasteiger partial charge in [-0.25, -0.2) is 0 Å². The molecule has 0 bridgehead atoms. The van der Waals surface area contributed by atoms with E-state index in [1.165, 1.54) is 11.1 Å². The van der Waals surface area contributed by atoms with Gasteiger partial charge in [-0.3, -0.25) is 0 Å². The third kappa shape index (κ3) is 1.24. The summed E-state index contributed by atoms with van der Waals surface area (Å²) in [5.41, 5.74) is 6.17.